The maximum absolute atomic E-state index is 6.80. The van der Waals surface area contributed by atoms with Crippen molar-refractivity contribution in [2.24, 2.45) is 0 Å². The predicted octanol–water partition coefficient (Wildman–Crippen LogP) is 6.99. The van der Waals surface area contributed by atoms with Crippen LogP contribution in [0.15, 0.2) is 104 Å². The number of ether oxygens (including phenoxy) is 4. The second-order valence-corrected chi connectivity index (χ2v) is 11.8. The Balaban J connectivity index is 1.23. The molecular formula is C33H30N4O4S2. The lowest BCUT2D eigenvalue weighted by molar-refractivity contribution is -0.0913. The third-order valence-corrected chi connectivity index (χ3v) is 9.06. The summed E-state index contributed by atoms with van der Waals surface area (Å²) in [6.07, 6.45) is 1.66. The van der Waals surface area contributed by atoms with Crippen LogP contribution in [-0.2, 0) is 38.8 Å². The van der Waals surface area contributed by atoms with E-state index in [1.54, 1.807) is 6.33 Å². The second-order valence-electron chi connectivity index (χ2n) is 10.4. The third-order valence-electron chi connectivity index (χ3n) is 7.53. The molecule has 0 amide bonds. The molecule has 10 heteroatoms. The van der Waals surface area contributed by atoms with Crippen LogP contribution in [0.4, 0.5) is 0 Å². The Morgan fingerprint density at radius 2 is 1.40 bits per heavy atom. The van der Waals surface area contributed by atoms with E-state index in [4.69, 9.17) is 36.1 Å². The molecule has 0 bridgehead atoms. The van der Waals surface area contributed by atoms with E-state index in [2.05, 4.69) is 46.4 Å². The number of nitrogens with one attached hydrogen (secondary N) is 1. The van der Waals surface area contributed by atoms with E-state index in [1.807, 2.05) is 65.5 Å². The molecule has 0 aliphatic carbocycles. The number of benzene rings is 3. The minimum absolute atomic E-state index is 0.338. The fourth-order valence-corrected chi connectivity index (χ4v) is 6.72. The van der Waals surface area contributed by atoms with E-state index < -0.39 is 18.4 Å². The summed E-state index contributed by atoms with van der Waals surface area (Å²) in [5, 5.41) is 0. The van der Waals surface area contributed by atoms with Gasteiger partial charge in [0.05, 0.1) is 49.3 Å². The number of fused-ring (bicyclic) bond motifs is 3. The van der Waals surface area contributed by atoms with Crippen molar-refractivity contribution in [2.45, 2.75) is 44.4 Å². The molecule has 3 aromatic heterocycles. The van der Waals surface area contributed by atoms with Gasteiger partial charge in [0, 0.05) is 0 Å². The summed E-state index contributed by atoms with van der Waals surface area (Å²) in [6, 6.07) is 30.4. The summed E-state index contributed by atoms with van der Waals surface area (Å²) < 4.78 is 29.8. The fraction of sp³-hybridized carbons (Fsp3) is 0.242. The number of thiophene rings is 1. The van der Waals surface area contributed by atoms with Crippen molar-refractivity contribution >= 4 is 44.1 Å². The molecule has 7 rings (SSSR count). The topological polar surface area (TPSA) is 83.4 Å². The molecule has 1 saturated heterocycles. The van der Waals surface area contributed by atoms with E-state index in [-0.39, 0.29) is 6.10 Å². The van der Waals surface area contributed by atoms with E-state index in [0.29, 0.717) is 31.1 Å². The van der Waals surface area contributed by atoms with E-state index in [1.165, 1.54) is 11.3 Å². The molecule has 0 radical (unpaired) electrons. The number of nitrogens with zero attached hydrogens (tertiary/aromatic N) is 3. The Hall–Kier alpha value is -3.77. The average molecular weight is 611 g/mol. The molecule has 4 atom stereocenters. The molecule has 6 aromatic rings. The highest BCUT2D eigenvalue weighted by molar-refractivity contribution is 7.71. The van der Waals surface area contributed by atoms with Gasteiger partial charge in [0.15, 0.2) is 6.23 Å². The summed E-state index contributed by atoms with van der Waals surface area (Å²) in [5.41, 5.74) is 5.03. The Morgan fingerprint density at radius 3 is 2.05 bits per heavy atom. The zero-order chi connectivity index (χ0) is 29.0. The van der Waals surface area contributed by atoms with Crippen molar-refractivity contribution in [3.8, 4) is 0 Å². The van der Waals surface area contributed by atoms with Gasteiger partial charge in [-0.15, -0.1) is 11.3 Å². The third kappa shape index (κ3) is 6.03. The second kappa shape index (κ2) is 12.8. The maximum atomic E-state index is 6.80. The summed E-state index contributed by atoms with van der Waals surface area (Å²) in [5.74, 6) is 0. The van der Waals surface area contributed by atoms with E-state index in [9.17, 15) is 0 Å². The lowest BCUT2D eigenvalue weighted by Crippen LogP contribution is -2.38. The molecule has 1 fully saturated rings. The lowest BCUT2D eigenvalue weighted by atomic mass is 10.1. The van der Waals surface area contributed by atoms with Crippen molar-refractivity contribution in [1.82, 2.24) is 19.5 Å². The number of imidazole rings is 1. The van der Waals surface area contributed by atoms with Gasteiger partial charge in [0.25, 0.3) is 0 Å². The van der Waals surface area contributed by atoms with Gasteiger partial charge in [0.2, 0.25) is 0 Å². The monoisotopic (exact) mass is 610 g/mol. The number of hydrogen-bond donors (Lipinski definition) is 1. The van der Waals surface area contributed by atoms with Crippen LogP contribution in [0.2, 0.25) is 0 Å². The Labute approximate surface area is 257 Å². The van der Waals surface area contributed by atoms with Gasteiger partial charge in [-0.2, -0.15) is 0 Å². The van der Waals surface area contributed by atoms with Crippen molar-refractivity contribution in [1.29, 1.82) is 0 Å². The van der Waals surface area contributed by atoms with Gasteiger partial charge in [0.1, 0.15) is 33.3 Å². The minimum atomic E-state index is -0.521. The molecule has 0 saturated carbocycles. The SMILES string of the molecule is S=c1nc[nH]c2c1sc1ncn([C@@H]3O[C@H](COCc4ccccc4)[C@@H](OCc4ccccc4)[C@H]3OCc3ccccc3)c12. The molecule has 0 unspecified atom stereocenters. The van der Waals surface area contributed by atoms with Gasteiger partial charge < -0.3 is 23.9 Å². The van der Waals surface area contributed by atoms with Crippen LogP contribution in [-0.4, -0.2) is 44.4 Å². The van der Waals surface area contributed by atoms with Crippen molar-refractivity contribution < 1.29 is 18.9 Å². The highest BCUT2D eigenvalue weighted by atomic mass is 32.1. The highest BCUT2D eigenvalue weighted by Crippen LogP contribution is 2.40. The van der Waals surface area contributed by atoms with Crippen LogP contribution in [0, 0.1) is 4.64 Å². The Morgan fingerprint density at radius 1 is 0.791 bits per heavy atom. The molecule has 1 aliphatic heterocycles. The zero-order valence-corrected chi connectivity index (χ0v) is 24.9. The average Bonchev–Trinajstić information content (AvgIpc) is 3.73. The van der Waals surface area contributed by atoms with Crippen LogP contribution in [0.1, 0.15) is 22.9 Å². The Bertz CT molecular complexity index is 1840. The number of hydrogen-bond acceptors (Lipinski definition) is 8. The number of aromatic amines is 1. The fourth-order valence-electron chi connectivity index (χ4n) is 5.45. The van der Waals surface area contributed by atoms with Gasteiger partial charge in [-0.05, 0) is 16.7 Å². The van der Waals surface area contributed by atoms with E-state index in [0.717, 1.165) is 37.3 Å². The van der Waals surface area contributed by atoms with Crippen LogP contribution in [0.3, 0.4) is 0 Å². The molecule has 1 N–H and O–H groups in total. The smallest absolute Gasteiger partial charge is 0.164 e. The predicted molar refractivity (Wildman–Crippen MR) is 168 cm³/mol. The molecule has 218 valence electrons. The van der Waals surface area contributed by atoms with Crippen molar-refractivity contribution in [3.05, 3.63) is 125 Å². The molecule has 0 spiro atoms. The molecule has 43 heavy (non-hydrogen) atoms. The summed E-state index contributed by atoms with van der Waals surface area (Å²) in [7, 11) is 0. The summed E-state index contributed by atoms with van der Waals surface area (Å²) >= 11 is 7.03. The first-order chi connectivity index (χ1) is 21.2. The first-order valence-corrected chi connectivity index (χ1v) is 15.4. The standard InChI is InChI=1S/C33H30N4O4S2/c42-31-30-26(34-20-35-31)27-32(43-30)36-21-37(27)33-29(40-18-24-14-8-3-9-15-24)28(39-17-23-12-6-2-7-13-23)25(41-33)19-38-16-22-10-4-1-5-11-22/h1-15,20-21,25,28-29,33H,16-19H2,(H,34,35,42)/t25-,28-,29-,33-/m1/s1. The zero-order valence-electron chi connectivity index (χ0n) is 23.2. The van der Waals surface area contributed by atoms with E-state index >= 15 is 0 Å². The molecule has 8 nitrogen and oxygen atoms in total. The van der Waals surface area contributed by atoms with Crippen molar-refractivity contribution in [2.75, 3.05) is 6.61 Å². The Kier molecular flexibility index (Phi) is 8.37. The largest absolute Gasteiger partial charge is 0.374 e. The quantitative estimate of drug-likeness (QED) is 0.158. The normalized spacial score (nSPS) is 20.3. The molecular weight excluding hydrogens is 581 g/mol. The highest BCUT2D eigenvalue weighted by Gasteiger charge is 2.48. The number of rotatable bonds is 11. The van der Waals surface area contributed by atoms with Gasteiger partial charge in [-0.1, -0.05) is 103 Å². The summed E-state index contributed by atoms with van der Waals surface area (Å²) in [6.45, 7) is 1.63. The molecule has 1 aliphatic rings. The van der Waals surface area contributed by atoms with Gasteiger partial charge in [-0.3, -0.25) is 4.57 Å². The maximum Gasteiger partial charge on any atom is 0.164 e. The van der Waals surface area contributed by atoms with Crippen LogP contribution < -0.4 is 0 Å². The van der Waals surface area contributed by atoms with Crippen molar-refractivity contribution in [3.63, 3.8) is 0 Å². The minimum Gasteiger partial charge on any atom is -0.374 e. The first-order valence-electron chi connectivity index (χ1n) is 14.2. The number of aromatic nitrogens is 4. The lowest BCUT2D eigenvalue weighted by Gasteiger charge is -2.25. The van der Waals surface area contributed by atoms with Crippen LogP contribution >= 0.6 is 23.6 Å². The van der Waals surface area contributed by atoms with Gasteiger partial charge in [-0.25, -0.2) is 9.97 Å². The van der Waals surface area contributed by atoms with Crippen LogP contribution in [0.5, 0.6) is 0 Å². The van der Waals surface area contributed by atoms with Crippen LogP contribution in [0.25, 0.3) is 20.6 Å². The molecule has 4 heterocycles. The first kappa shape index (κ1) is 28.0. The molecule has 3 aromatic carbocycles. The number of H-pyrrole nitrogens is 1. The summed E-state index contributed by atoms with van der Waals surface area (Å²) in [4.78, 5) is 13.1. The van der Waals surface area contributed by atoms with Gasteiger partial charge >= 0.3 is 0 Å².